The summed E-state index contributed by atoms with van der Waals surface area (Å²) >= 11 is 0. The van der Waals surface area contributed by atoms with E-state index in [-0.39, 0.29) is 48.3 Å². The van der Waals surface area contributed by atoms with E-state index in [1.54, 1.807) is 0 Å². The molecule has 4 N–H and O–H groups in total. The topological polar surface area (TPSA) is 94.6 Å². The Morgan fingerprint density at radius 2 is 2.04 bits per heavy atom. The van der Waals surface area contributed by atoms with Crippen molar-refractivity contribution in [3.8, 4) is 0 Å². The summed E-state index contributed by atoms with van der Waals surface area (Å²) in [4.78, 5) is 28.0. The van der Waals surface area contributed by atoms with Gasteiger partial charge >= 0.3 is 0 Å². The van der Waals surface area contributed by atoms with Gasteiger partial charge in [-0.05, 0) is 31.4 Å². The lowest BCUT2D eigenvalue weighted by molar-refractivity contribution is -0.120. The standard InChI is InChI=1S/C18H25N5O2.HI/c1-2-19-18(21-11-17(25)22-13-7-8-13)20-10-12-9-16(24)23-15-6-4-3-5-14(12)15;/h3-6,12-13H,2,7-11H2,1H3,(H,22,25)(H,23,24)(H2,19,20,21);1H. The summed E-state index contributed by atoms with van der Waals surface area (Å²) in [6, 6.07) is 8.19. The van der Waals surface area contributed by atoms with Crippen molar-refractivity contribution >= 4 is 47.4 Å². The van der Waals surface area contributed by atoms with Crippen LogP contribution in [0.4, 0.5) is 5.69 Å². The molecule has 0 spiro atoms. The average molecular weight is 471 g/mol. The quantitative estimate of drug-likeness (QED) is 0.288. The molecule has 2 aliphatic rings. The highest BCUT2D eigenvalue weighted by atomic mass is 127. The number of anilines is 1. The molecule has 1 atom stereocenters. The second-order valence-electron chi connectivity index (χ2n) is 6.45. The number of carbonyl (C=O) groups is 2. The number of guanidine groups is 1. The molecule has 0 radical (unpaired) electrons. The summed E-state index contributed by atoms with van der Waals surface area (Å²) in [7, 11) is 0. The van der Waals surface area contributed by atoms with Crippen LogP contribution in [0.3, 0.4) is 0 Å². The van der Waals surface area contributed by atoms with E-state index in [1.165, 1.54) is 0 Å². The van der Waals surface area contributed by atoms with Gasteiger partial charge in [0.1, 0.15) is 6.54 Å². The molecular formula is C18H26IN5O2. The summed E-state index contributed by atoms with van der Waals surface area (Å²) in [5.74, 6) is 0.643. The van der Waals surface area contributed by atoms with Crippen molar-refractivity contribution in [2.24, 2.45) is 4.99 Å². The predicted molar refractivity (Wildman–Crippen MR) is 113 cm³/mol. The van der Waals surface area contributed by atoms with Crippen LogP contribution in [0.5, 0.6) is 0 Å². The summed E-state index contributed by atoms with van der Waals surface area (Å²) in [5, 5.41) is 12.2. The summed E-state index contributed by atoms with van der Waals surface area (Å²) < 4.78 is 0. The molecule has 1 aromatic carbocycles. The molecule has 0 bridgehead atoms. The molecule has 1 unspecified atom stereocenters. The summed E-state index contributed by atoms with van der Waals surface area (Å²) in [5.41, 5.74) is 1.99. The van der Waals surface area contributed by atoms with Crippen molar-refractivity contribution in [2.45, 2.75) is 38.1 Å². The number of benzene rings is 1. The van der Waals surface area contributed by atoms with Crippen LogP contribution in [-0.2, 0) is 9.59 Å². The third-order valence-corrected chi connectivity index (χ3v) is 4.29. The number of rotatable bonds is 6. The van der Waals surface area contributed by atoms with Crippen LogP contribution < -0.4 is 21.3 Å². The molecule has 1 aliphatic carbocycles. The van der Waals surface area contributed by atoms with E-state index in [0.29, 0.717) is 31.5 Å². The Morgan fingerprint density at radius 1 is 1.27 bits per heavy atom. The van der Waals surface area contributed by atoms with Gasteiger partial charge in [-0.15, -0.1) is 24.0 Å². The molecular weight excluding hydrogens is 445 g/mol. The van der Waals surface area contributed by atoms with E-state index in [4.69, 9.17) is 0 Å². The first-order chi connectivity index (χ1) is 12.2. The first kappa shape index (κ1) is 20.5. The van der Waals surface area contributed by atoms with Gasteiger partial charge in [0.15, 0.2) is 5.96 Å². The number of nitrogens with one attached hydrogen (secondary N) is 4. The number of fused-ring (bicyclic) bond motifs is 1. The van der Waals surface area contributed by atoms with Gasteiger partial charge in [-0.3, -0.25) is 9.59 Å². The lowest BCUT2D eigenvalue weighted by atomic mass is 9.90. The third kappa shape index (κ3) is 5.86. The van der Waals surface area contributed by atoms with Crippen molar-refractivity contribution in [1.29, 1.82) is 0 Å². The zero-order chi connectivity index (χ0) is 17.6. The van der Waals surface area contributed by atoms with E-state index >= 15 is 0 Å². The molecule has 0 saturated heterocycles. The number of nitrogens with zero attached hydrogens (tertiary/aromatic N) is 1. The van der Waals surface area contributed by atoms with Crippen molar-refractivity contribution < 1.29 is 9.59 Å². The molecule has 1 saturated carbocycles. The van der Waals surface area contributed by atoms with Gasteiger partial charge in [0.2, 0.25) is 11.8 Å². The molecule has 1 fully saturated rings. The minimum Gasteiger partial charge on any atom is -0.357 e. The highest BCUT2D eigenvalue weighted by molar-refractivity contribution is 14.0. The van der Waals surface area contributed by atoms with E-state index in [2.05, 4.69) is 26.3 Å². The van der Waals surface area contributed by atoms with Gasteiger partial charge in [-0.1, -0.05) is 18.2 Å². The van der Waals surface area contributed by atoms with E-state index in [1.807, 2.05) is 31.2 Å². The van der Waals surface area contributed by atoms with Gasteiger partial charge in [-0.25, -0.2) is 4.99 Å². The van der Waals surface area contributed by atoms with Crippen LogP contribution in [-0.4, -0.2) is 43.5 Å². The Labute approximate surface area is 170 Å². The molecule has 1 aromatic rings. The van der Waals surface area contributed by atoms with E-state index in [9.17, 15) is 9.59 Å². The van der Waals surface area contributed by atoms with Crippen LogP contribution in [0.15, 0.2) is 29.3 Å². The summed E-state index contributed by atoms with van der Waals surface area (Å²) in [6.45, 7) is 3.37. The number of aliphatic imine (C=N–C) groups is 1. The Morgan fingerprint density at radius 3 is 2.77 bits per heavy atom. The van der Waals surface area contributed by atoms with Gasteiger partial charge in [-0.2, -0.15) is 0 Å². The lowest BCUT2D eigenvalue weighted by Crippen LogP contribution is -2.41. The monoisotopic (exact) mass is 471 g/mol. The van der Waals surface area contributed by atoms with Gasteiger partial charge in [0.05, 0.1) is 0 Å². The first-order valence-corrected chi connectivity index (χ1v) is 8.86. The van der Waals surface area contributed by atoms with Crippen LogP contribution in [0.25, 0.3) is 0 Å². The number of para-hydroxylation sites is 1. The van der Waals surface area contributed by atoms with Crippen LogP contribution in [0.2, 0.25) is 0 Å². The predicted octanol–water partition coefficient (Wildman–Crippen LogP) is 1.56. The molecule has 8 heteroatoms. The largest absolute Gasteiger partial charge is 0.357 e. The second kappa shape index (κ2) is 9.75. The Kier molecular flexibility index (Phi) is 7.67. The van der Waals surface area contributed by atoms with Crippen LogP contribution in [0, 0.1) is 0 Å². The maximum atomic E-state index is 11.9. The Balaban J connectivity index is 0.00000243. The number of hydrogen-bond donors (Lipinski definition) is 4. The maximum Gasteiger partial charge on any atom is 0.242 e. The fourth-order valence-corrected chi connectivity index (χ4v) is 2.90. The maximum absolute atomic E-state index is 11.9. The van der Waals surface area contributed by atoms with Gasteiger partial charge < -0.3 is 21.3 Å². The van der Waals surface area contributed by atoms with E-state index < -0.39 is 0 Å². The van der Waals surface area contributed by atoms with Crippen molar-refractivity contribution in [3.63, 3.8) is 0 Å². The van der Waals surface area contributed by atoms with Crippen molar-refractivity contribution in [2.75, 3.05) is 25.0 Å². The SMILES string of the molecule is CCNC(=NCC(=O)NC1CC1)NCC1CC(=O)Nc2ccccc21.I. The lowest BCUT2D eigenvalue weighted by Gasteiger charge is -2.26. The molecule has 1 heterocycles. The van der Waals surface area contributed by atoms with E-state index in [0.717, 1.165) is 24.1 Å². The minimum atomic E-state index is -0.0536. The Hall–Kier alpha value is -1.84. The normalized spacial score (nSPS) is 18.9. The minimum absolute atomic E-state index is 0. The molecule has 3 rings (SSSR count). The summed E-state index contributed by atoms with van der Waals surface area (Å²) in [6.07, 6.45) is 2.57. The smallest absolute Gasteiger partial charge is 0.242 e. The number of halogens is 1. The molecule has 142 valence electrons. The molecule has 2 amide bonds. The second-order valence-corrected chi connectivity index (χ2v) is 6.45. The van der Waals surface area contributed by atoms with Crippen LogP contribution in [0.1, 0.15) is 37.7 Å². The van der Waals surface area contributed by atoms with Crippen molar-refractivity contribution in [1.82, 2.24) is 16.0 Å². The first-order valence-electron chi connectivity index (χ1n) is 8.86. The molecule has 0 aromatic heterocycles. The number of carbonyl (C=O) groups excluding carboxylic acids is 2. The molecule has 7 nitrogen and oxygen atoms in total. The third-order valence-electron chi connectivity index (χ3n) is 4.29. The number of amides is 2. The number of hydrogen-bond acceptors (Lipinski definition) is 3. The highest BCUT2D eigenvalue weighted by Gasteiger charge is 2.25. The fourth-order valence-electron chi connectivity index (χ4n) is 2.90. The zero-order valence-electron chi connectivity index (χ0n) is 14.9. The average Bonchev–Trinajstić information content (AvgIpc) is 3.41. The molecule has 1 aliphatic heterocycles. The zero-order valence-corrected chi connectivity index (χ0v) is 17.2. The molecule has 26 heavy (non-hydrogen) atoms. The van der Waals surface area contributed by atoms with Crippen molar-refractivity contribution in [3.05, 3.63) is 29.8 Å². The fraction of sp³-hybridized carbons (Fsp3) is 0.500. The Bertz CT molecular complexity index is 675. The van der Waals surface area contributed by atoms with Gasteiger partial charge in [0.25, 0.3) is 0 Å². The highest BCUT2D eigenvalue weighted by Crippen LogP contribution is 2.31. The van der Waals surface area contributed by atoms with Crippen LogP contribution >= 0.6 is 24.0 Å². The van der Waals surface area contributed by atoms with Gasteiger partial charge in [0, 0.05) is 37.2 Å².